The Labute approximate surface area is 220 Å². The first-order chi connectivity index (χ1) is 17.9. The number of rotatable bonds is 10. The van der Waals surface area contributed by atoms with Crippen LogP contribution in [0, 0.1) is 11.8 Å². The van der Waals surface area contributed by atoms with E-state index in [0.29, 0.717) is 48.4 Å². The fourth-order valence-corrected chi connectivity index (χ4v) is 5.02. The molecule has 1 heterocycles. The van der Waals surface area contributed by atoms with E-state index >= 15 is 0 Å². The van der Waals surface area contributed by atoms with Gasteiger partial charge in [0.1, 0.15) is 0 Å². The highest BCUT2D eigenvalue weighted by Gasteiger charge is 2.35. The van der Waals surface area contributed by atoms with Crippen molar-refractivity contribution in [3.8, 4) is 17.2 Å². The van der Waals surface area contributed by atoms with Crippen molar-refractivity contribution < 1.29 is 23.8 Å². The highest BCUT2D eigenvalue weighted by molar-refractivity contribution is 5.95. The smallest absolute Gasteiger partial charge is 0.254 e. The molecule has 2 fully saturated rings. The maximum Gasteiger partial charge on any atom is 0.254 e. The summed E-state index contributed by atoms with van der Waals surface area (Å²) in [6.45, 7) is 4.80. The molecule has 1 saturated heterocycles. The monoisotopic (exact) mass is 506 g/mol. The lowest BCUT2D eigenvalue weighted by molar-refractivity contribution is -0.133. The van der Waals surface area contributed by atoms with Gasteiger partial charge >= 0.3 is 0 Å². The summed E-state index contributed by atoms with van der Waals surface area (Å²) in [4.78, 5) is 30.3. The van der Waals surface area contributed by atoms with Crippen molar-refractivity contribution in [2.45, 2.75) is 32.6 Å². The maximum absolute atomic E-state index is 13.3. The van der Waals surface area contributed by atoms with Crippen LogP contribution < -0.4 is 14.2 Å². The summed E-state index contributed by atoms with van der Waals surface area (Å²) < 4.78 is 16.2. The van der Waals surface area contributed by atoms with Crippen molar-refractivity contribution in [1.29, 1.82) is 0 Å². The van der Waals surface area contributed by atoms with Crippen molar-refractivity contribution in [3.63, 3.8) is 0 Å². The van der Waals surface area contributed by atoms with Crippen LogP contribution in [0.5, 0.6) is 17.2 Å². The van der Waals surface area contributed by atoms with Gasteiger partial charge in [0.15, 0.2) is 11.5 Å². The minimum atomic E-state index is -0.0507. The number of hydrogen-bond donors (Lipinski definition) is 0. The first-order valence-corrected chi connectivity index (χ1v) is 13.0. The predicted octanol–water partition coefficient (Wildman–Crippen LogP) is 4.91. The molecule has 2 aliphatic rings. The van der Waals surface area contributed by atoms with Gasteiger partial charge < -0.3 is 24.0 Å². The highest BCUT2D eigenvalue weighted by atomic mass is 16.5. The number of benzene rings is 2. The lowest BCUT2D eigenvalue weighted by atomic mass is 9.95. The van der Waals surface area contributed by atoms with Crippen molar-refractivity contribution in [3.05, 3.63) is 59.2 Å². The van der Waals surface area contributed by atoms with Gasteiger partial charge in [-0.05, 0) is 56.2 Å². The molecule has 0 spiro atoms. The predicted molar refractivity (Wildman–Crippen MR) is 144 cm³/mol. The van der Waals surface area contributed by atoms with E-state index in [-0.39, 0.29) is 17.7 Å². The molecule has 2 aromatic rings. The maximum atomic E-state index is 13.3. The van der Waals surface area contributed by atoms with E-state index in [1.165, 1.54) is 5.57 Å². The minimum Gasteiger partial charge on any atom is -0.493 e. The van der Waals surface area contributed by atoms with Crippen LogP contribution in [-0.2, 0) is 4.79 Å². The molecular formula is C30H38N2O5. The molecule has 1 saturated carbocycles. The third kappa shape index (κ3) is 6.64. The van der Waals surface area contributed by atoms with Gasteiger partial charge in [0.2, 0.25) is 11.7 Å². The number of nitrogens with zero attached hydrogens (tertiary/aromatic N) is 2. The van der Waals surface area contributed by atoms with Gasteiger partial charge in [-0.3, -0.25) is 9.59 Å². The van der Waals surface area contributed by atoms with Gasteiger partial charge in [0, 0.05) is 37.7 Å². The van der Waals surface area contributed by atoms with Gasteiger partial charge in [-0.15, -0.1) is 0 Å². The average Bonchev–Trinajstić information content (AvgIpc) is 3.77. The molecule has 7 nitrogen and oxygen atoms in total. The third-order valence-electron chi connectivity index (χ3n) is 7.18. The zero-order chi connectivity index (χ0) is 26.4. The Morgan fingerprint density at radius 2 is 1.57 bits per heavy atom. The molecule has 4 rings (SSSR count). The molecule has 0 bridgehead atoms. The highest BCUT2D eigenvalue weighted by Crippen LogP contribution is 2.39. The fraction of sp³-hybridized carbons (Fsp3) is 0.467. The Hall–Kier alpha value is -3.48. The second-order valence-corrected chi connectivity index (χ2v) is 10.0. The van der Waals surface area contributed by atoms with E-state index < -0.39 is 0 Å². The van der Waals surface area contributed by atoms with E-state index in [2.05, 4.69) is 25.1 Å². The average molecular weight is 507 g/mol. The second kappa shape index (κ2) is 12.2. The van der Waals surface area contributed by atoms with Crippen molar-refractivity contribution in [2.24, 2.45) is 11.8 Å². The standard InChI is InChI=1S/C30H38N2O5/c1-21(16-22-8-6-5-7-9-22)19-32(29(33)24-10-11-24)20-23-12-14-31(15-13-23)30(34)25-17-26(35-2)28(37-4)27(18-25)36-3/h5-9,16-18,23-24H,10-15,19-20H2,1-4H3. The SMILES string of the molecule is COc1cc(C(=O)N2CCC(CN(CC(C)=Cc3ccccc3)C(=O)C3CC3)CC2)cc(OC)c1OC. The lowest BCUT2D eigenvalue weighted by Gasteiger charge is -2.35. The summed E-state index contributed by atoms with van der Waals surface area (Å²) in [5.74, 6) is 2.18. The Kier molecular flexibility index (Phi) is 8.74. The summed E-state index contributed by atoms with van der Waals surface area (Å²) in [5.41, 5.74) is 2.84. The second-order valence-electron chi connectivity index (χ2n) is 10.0. The van der Waals surface area contributed by atoms with Gasteiger partial charge in [-0.1, -0.05) is 42.0 Å². The van der Waals surface area contributed by atoms with Gasteiger partial charge in [0.05, 0.1) is 21.3 Å². The Morgan fingerprint density at radius 3 is 2.11 bits per heavy atom. The molecule has 1 aliphatic heterocycles. The Morgan fingerprint density at radius 1 is 0.946 bits per heavy atom. The van der Waals surface area contributed by atoms with Crippen LogP contribution in [-0.4, -0.2) is 69.1 Å². The summed E-state index contributed by atoms with van der Waals surface area (Å²) in [6.07, 6.45) is 5.89. The van der Waals surface area contributed by atoms with Crippen LogP contribution in [0.4, 0.5) is 0 Å². The molecule has 2 aromatic carbocycles. The molecular weight excluding hydrogens is 468 g/mol. The van der Waals surface area contributed by atoms with E-state index in [1.54, 1.807) is 33.5 Å². The third-order valence-corrected chi connectivity index (χ3v) is 7.18. The number of carbonyl (C=O) groups is 2. The molecule has 0 N–H and O–H groups in total. The number of piperidine rings is 1. The molecule has 2 amide bonds. The largest absolute Gasteiger partial charge is 0.493 e. The number of amides is 2. The van der Waals surface area contributed by atoms with Gasteiger partial charge in [-0.25, -0.2) is 0 Å². The quantitative estimate of drug-likeness (QED) is 0.458. The summed E-state index contributed by atoms with van der Waals surface area (Å²) in [6, 6.07) is 13.6. The number of likely N-dealkylation sites (tertiary alicyclic amines) is 1. The summed E-state index contributed by atoms with van der Waals surface area (Å²) >= 11 is 0. The molecule has 0 radical (unpaired) electrons. The number of carbonyl (C=O) groups excluding carboxylic acids is 2. The van der Waals surface area contributed by atoms with Crippen molar-refractivity contribution in [2.75, 3.05) is 47.5 Å². The van der Waals surface area contributed by atoms with E-state index in [9.17, 15) is 9.59 Å². The van der Waals surface area contributed by atoms with E-state index in [1.807, 2.05) is 28.0 Å². The van der Waals surface area contributed by atoms with E-state index in [4.69, 9.17) is 14.2 Å². The van der Waals surface area contributed by atoms with Crippen LogP contribution in [0.3, 0.4) is 0 Å². The molecule has 1 aliphatic carbocycles. The summed E-state index contributed by atoms with van der Waals surface area (Å²) in [7, 11) is 4.63. The molecule has 198 valence electrons. The van der Waals surface area contributed by atoms with Crippen LogP contribution in [0.25, 0.3) is 6.08 Å². The van der Waals surface area contributed by atoms with Crippen molar-refractivity contribution >= 4 is 17.9 Å². The fourth-order valence-electron chi connectivity index (χ4n) is 5.02. The van der Waals surface area contributed by atoms with Crippen LogP contribution >= 0.6 is 0 Å². The minimum absolute atomic E-state index is 0.0507. The molecule has 7 heteroatoms. The molecule has 0 unspecified atom stereocenters. The zero-order valence-corrected chi connectivity index (χ0v) is 22.4. The lowest BCUT2D eigenvalue weighted by Crippen LogP contribution is -2.43. The zero-order valence-electron chi connectivity index (χ0n) is 22.4. The van der Waals surface area contributed by atoms with E-state index in [0.717, 1.165) is 37.8 Å². The van der Waals surface area contributed by atoms with Crippen molar-refractivity contribution in [1.82, 2.24) is 9.80 Å². The van der Waals surface area contributed by atoms with Crippen LogP contribution in [0.1, 0.15) is 48.5 Å². The normalized spacial score (nSPS) is 16.3. The van der Waals surface area contributed by atoms with Crippen LogP contribution in [0.2, 0.25) is 0 Å². The topological polar surface area (TPSA) is 68.3 Å². The molecule has 0 aromatic heterocycles. The Bertz CT molecular complexity index is 1090. The number of ether oxygens (including phenoxy) is 3. The van der Waals surface area contributed by atoms with Crippen LogP contribution in [0.15, 0.2) is 48.0 Å². The Balaban J connectivity index is 1.39. The first kappa shape index (κ1) is 26.6. The molecule has 0 atom stereocenters. The van der Waals surface area contributed by atoms with Gasteiger partial charge in [0.25, 0.3) is 5.91 Å². The number of methoxy groups -OCH3 is 3. The molecule has 37 heavy (non-hydrogen) atoms. The van der Waals surface area contributed by atoms with Gasteiger partial charge in [-0.2, -0.15) is 0 Å². The summed E-state index contributed by atoms with van der Waals surface area (Å²) in [5, 5.41) is 0. The first-order valence-electron chi connectivity index (χ1n) is 13.0. The number of hydrogen-bond acceptors (Lipinski definition) is 5.